The maximum atomic E-state index is 13.3. The molecule has 1 aliphatic rings. The van der Waals surface area contributed by atoms with Crippen LogP contribution in [0.5, 0.6) is 0 Å². The first-order chi connectivity index (χ1) is 20.4. The summed E-state index contributed by atoms with van der Waals surface area (Å²) in [5, 5.41) is -0.597. The van der Waals surface area contributed by atoms with E-state index in [9.17, 15) is 8.42 Å². The third kappa shape index (κ3) is 7.22. The predicted molar refractivity (Wildman–Crippen MR) is 174 cm³/mol. The molecule has 2 unspecified atom stereocenters. The molecule has 0 amide bonds. The molecule has 1 saturated carbocycles. The number of hydrogen-bond acceptors (Lipinski definition) is 7. The van der Waals surface area contributed by atoms with Gasteiger partial charge in [0.2, 0.25) is 10.0 Å². The van der Waals surface area contributed by atoms with Crippen molar-refractivity contribution in [2.24, 2.45) is 17.6 Å². The largest absolute Gasteiger partial charge is 0.352 e. The van der Waals surface area contributed by atoms with Crippen molar-refractivity contribution in [3.63, 3.8) is 0 Å². The molecule has 8 nitrogen and oxygen atoms in total. The van der Waals surface area contributed by atoms with Crippen LogP contribution in [0.25, 0.3) is 11.3 Å². The van der Waals surface area contributed by atoms with Gasteiger partial charge in [-0.2, -0.15) is 0 Å². The smallest absolute Gasteiger partial charge is 0.238 e. The second-order valence-corrected chi connectivity index (χ2v) is 14.9. The molecular formula is C34H42N6O2S. The molecular weight excluding hydrogens is 556 g/mol. The van der Waals surface area contributed by atoms with E-state index in [0.717, 1.165) is 23.2 Å². The maximum absolute atomic E-state index is 13.3. The first kappa shape index (κ1) is 30.6. The van der Waals surface area contributed by atoms with E-state index in [4.69, 9.17) is 10.7 Å². The molecule has 1 aliphatic carbocycles. The number of anilines is 2. The zero-order chi connectivity index (χ0) is 30.8. The van der Waals surface area contributed by atoms with Crippen LogP contribution in [0, 0.1) is 11.8 Å². The molecule has 0 aliphatic heterocycles. The van der Waals surface area contributed by atoms with Crippen molar-refractivity contribution in [1.82, 2.24) is 15.0 Å². The van der Waals surface area contributed by atoms with Gasteiger partial charge in [-0.05, 0) is 74.8 Å². The van der Waals surface area contributed by atoms with Crippen molar-refractivity contribution in [2.75, 3.05) is 22.8 Å². The highest BCUT2D eigenvalue weighted by atomic mass is 32.2. The summed E-state index contributed by atoms with van der Waals surface area (Å²) in [6.07, 6.45) is 3.31. The fraction of sp³-hybridized carbons (Fsp3) is 0.382. The number of aromatic nitrogens is 3. The first-order valence-electron chi connectivity index (χ1n) is 14.9. The zero-order valence-corrected chi connectivity index (χ0v) is 26.5. The fourth-order valence-electron chi connectivity index (χ4n) is 5.34. The van der Waals surface area contributed by atoms with E-state index in [2.05, 4.69) is 46.1 Å². The quantitative estimate of drug-likeness (QED) is 0.220. The molecule has 4 aromatic rings. The minimum atomic E-state index is -3.62. The lowest BCUT2D eigenvalue weighted by molar-refractivity contribution is 0.475. The van der Waals surface area contributed by atoms with Crippen LogP contribution in [0.3, 0.4) is 0 Å². The average molecular weight is 599 g/mol. The normalized spacial score (nSPS) is 17.8. The molecule has 3 atom stereocenters. The van der Waals surface area contributed by atoms with E-state index in [1.165, 1.54) is 17.1 Å². The Balaban J connectivity index is 1.58. The molecule has 5 rings (SSSR count). The van der Waals surface area contributed by atoms with Crippen LogP contribution < -0.4 is 14.9 Å². The van der Waals surface area contributed by atoms with Crippen LogP contribution in [0.15, 0.2) is 85.2 Å². The van der Waals surface area contributed by atoms with E-state index >= 15 is 0 Å². The molecule has 9 heteroatoms. The van der Waals surface area contributed by atoms with Gasteiger partial charge in [-0.25, -0.2) is 23.4 Å². The number of pyridine rings is 1. The maximum Gasteiger partial charge on any atom is 0.238 e. The average Bonchev–Trinajstić information content (AvgIpc) is 3.70. The molecule has 0 saturated heterocycles. The second kappa shape index (κ2) is 12.4. The van der Waals surface area contributed by atoms with Crippen LogP contribution in [0.1, 0.15) is 50.9 Å². The monoisotopic (exact) mass is 598 g/mol. The predicted octanol–water partition coefficient (Wildman–Crippen LogP) is 5.79. The zero-order valence-electron chi connectivity index (χ0n) is 25.7. The standard InChI is InChI=1S/C34H42N6O2S/c1-24(2)43(41,42)39(5)32-17-28(30-19-31(37-23-36-30)34(4,35)20-26-12-8-6-9-13-26)18-33(38-32)40(22-29-16-25(29)3)21-27-14-10-7-11-15-27/h6-15,17-19,23-25,29H,16,20-22,35H2,1-5H3/t25?,29?,34-/m0/s1. The molecule has 2 aromatic carbocycles. The van der Waals surface area contributed by atoms with Crippen LogP contribution in [0.2, 0.25) is 0 Å². The van der Waals surface area contributed by atoms with Gasteiger partial charge in [-0.1, -0.05) is 67.6 Å². The van der Waals surface area contributed by atoms with Crippen molar-refractivity contribution >= 4 is 21.7 Å². The van der Waals surface area contributed by atoms with E-state index in [1.807, 2.05) is 55.5 Å². The van der Waals surface area contributed by atoms with E-state index < -0.39 is 20.8 Å². The summed E-state index contributed by atoms with van der Waals surface area (Å²) in [5.41, 5.74) is 10.5. The van der Waals surface area contributed by atoms with Gasteiger partial charge < -0.3 is 10.6 Å². The van der Waals surface area contributed by atoms with E-state index in [0.29, 0.717) is 47.8 Å². The fourth-order valence-corrected chi connectivity index (χ4v) is 6.32. The summed E-state index contributed by atoms with van der Waals surface area (Å²) in [7, 11) is -2.05. The second-order valence-electron chi connectivity index (χ2n) is 12.3. The molecule has 2 N–H and O–H groups in total. The number of hydrogen-bond donors (Lipinski definition) is 1. The Hall–Kier alpha value is -3.82. The number of nitrogens with two attached hydrogens (primary N) is 1. The lowest BCUT2D eigenvalue weighted by Gasteiger charge is -2.28. The summed E-state index contributed by atoms with van der Waals surface area (Å²) in [4.78, 5) is 16.4. The first-order valence-corrected chi connectivity index (χ1v) is 16.4. The number of sulfonamides is 1. The van der Waals surface area contributed by atoms with Gasteiger partial charge in [0, 0.05) is 25.7 Å². The van der Waals surface area contributed by atoms with Crippen LogP contribution in [0.4, 0.5) is 11.6 Å². The Bertz CT molecular complexity index is 1640. The molecule has 2 aromatic heterocycles. The third-order valence-corrected chi connectivity index (χ3v) is 10.5. The lowest BCUT2D eigenvalue weighted by atomic mass is 9.89. The Kier molecular flexibility index (Phi) is 8.85. The summed E-state index contributed by atoms with van der Waals surface area (Å²) in [6, 6.07) is 26.1. The molecule has 1 fully saturated rings. The van der Waals surface area contributed by atoms with Crippen LogP contribution in [-0.4, -0.2) is 42.2 Å². The van der Waals surface area contributed by atoms with Crippen molar-refractivity contribution in [3.05, 3.63) is 102 Å². The molecule has 226 valence electrons. The molecule has 0 spiro atoms. The van der Waals surface area contributed by atoms with Gasteiger partial charge in [-0.3, -0.25) is 4.31 Å². The van der Waals surface area contributed by atoms with E-state index in [1.54, 1.807) is 27.0 Å². The van der Waals surface area contributed by atoms with Gasteiger partial charge in [0.25, 0.3) is 0 Å². The highest BCUT2D eigenvalue weighted by Crippen LogP contribution is 2.40. The lowest BCUT2D eigenvalue weighted by Crippen LogP contribution is -2.36. The van der Waals surface area contributed by atoms with Gasteiger partial charge in [-0.15, -0.1) is 0 Å². The van der Waals surface area contributed by atoms with Crippen molar-refractivity contribution in [2.45, 2.75) is 57.9 Å². The highest BCUT2D eigenvalue weighted by molar-refractivity contribution is 7.93. The topological polar surface area (TPSA) is 105 Å². The van der Waals surface area contributed by atoms with Gasteiger partial charge in [0.1, 0.15) is 18.0 Å². The molecule has 2 heterocycles. The molecule has 0 radical (unpaired) electrons. The summed E-state index contributed by atoms with van der Waals surface area (Å²) in [5.74, 6) is 2.28. The minimum absolute atomic E-state index is 0.350. The van der Waals surface area contributed by atoms with Crippen LogP contribution >= 0.6 is 0 Å². The Morgan fingerprint density at radius 3 is 2.16 bits per heavy atom. The van der Waals surface area contributed by atoms with Crippen molar-refractivity contribution in [3.8, 4) is 11.3 Å². The summed E-state index contributed by atoms with van der Waals surface area (Å²) >= 11 is 0. The highest BCUT2D eigenvalue weighted by Gasteiger charge is 2.35. The summed E-state index contributed by atoms with van der Waals surface area (Å²) in [6.45, 7) is 9.09. The summed E-state index contributed by atoms with van der Waals surface area (Å²) < 4.78 is 27.8. The number of nitrogens with zero attached hydrogens (tertiary/aromatic N) is 5. The van der Waals surface area contributed by atoms with Gasteiger partial charge in [0.05, 0.1) is 22.2 Å². The molecule has 43 heavy (non-hydrogen) atoms. The SMILES string of the molecule is CC1CC1CN(Cc1ccccc1)c1cc(-c2cc([C@@](C)(N)Cc3ccccc3)ncn2)cc(N(C)S(=O)(=O)C(C)C)n1. The van der Waals surface area contributed by atoms with E-state index in [-0.39, 0.29) is 0 Å². The molecule has 0 bridgehead atoms. The Morgan fingerprint density at radius 2 is 1.56 bits per heavy atom. The van der Waals surface area contributed by atoms with Gasteiger partial charge >= 0.3 is 0 Å². The minimum Gasteiger partial charge on any atom is -0.352 e. The number of benzene rings is 2. The van der Waals surface area contributed by atoms with Crippen molar-refractivity contribution in [1.29, 1.82) is 0 Å². The van der Waals surface area contributed by atoms with Crippen LogP contribution in [-0.2, 0) is 28.5 Å². The Morgan fingerprint density at radius 1 is 0.953 bits per heavy atom. The number of rotatable bonds is 12. The third-order valence-electron chi connectivity index (χ3n) is 8.33. The van der Waals surface area contributed by atoms with Gasteiger partial charge in [0.15, 0.2) is 0 Å². The Labute approximate surface area is 256 Å². The van der Waals surface area contributed by atoms with Crippen molar-refractivity contribution < 1.29 is 8.42 Å².